The number of methoxy groups -OCH3 is 1. The van der Waals surface area contributed by atoms with Crippen molar-refractivity contribution in [3.05, 3.63) is 23.3 Å². The Balaban J connectivity index is 1.86. The number of phenolic OH excluding ortho intramolecular Hbond substituents is 1. The van der Waals surface area contributed by atoms with Crippen LogP contribution in [0.3, 0.4) is 0 Å². The second-order valence-electron chi connectivity index (χ2n) is 7.70. The van der Waals surface area contributed by atoms with Crippen LogP contribution in [0.25, 0.3) is 0 Å². The van der Waals surface area contributed by atoms with Gasteiger partial charge in [-0.1, -0.05) is 6.07 Å². The van der Waals surface area contributed by atoms with Gasteiger partial charge in [0.15, 0.2) is 11.5 Å². The fourth-order valence-corrected chi connectivity index (χ4v) is 6.18. The van der Waals surface area contributed by atoms with Gasteiger partial charge in [-0.05, 0) is 50.9 Å². The average Bonchev–Trinajstić information content (AvgIpc) is 2.91. The lowest BCUT2D eigenvalue weighted by Crippen LogP contribution is -2.78. The van der Waals surface area contributed by atoms with Gasteiger partial charge >= 0.3 is 0 Å². The number of aromatic hydroxyl groups is 1. The highest BCUT2D eigenvalue weighted by molar-refractivity contribution is 5.62. The third-order valence-corrected chi connectivity index (χ3v) is 7.10. The Morgan fingerprint density at radius 3 is 3.00 bits per heavy atom. The summed E-state index contributed by atoms with van der Waals surface area (Å²) in [4.78, 5) is 2.44. The van der Waals surface area contributed by atoms with Gasteiger partial charge in [-0.15, -0.1) is 0 Å². The molecule has 2 heterocycles. The van der Waals surface area contributed by atoms with Crippen molar-refractivity contribution in [1.82, 2.24) is 4.90 Å². The van der Waals surface area contributed by atoms with Crippen molar-refractivity contribution in [2.75, 3.05) is 20.7 Å². The van der Waals surface area contributed by atoms with E-state index in [0.29, 0.717) is 11.8 Å². The monoisotopic (exact) mass is 316 g/mol. The molecule has 0 radical (unpaired) electrons. The van der Waals surface area contributed by atoms with Crippen LogP contribution in [-0.4, -0.2) is 54.5 Å². The van der Waals surface area contributed by atoms with Crippen LogP contribution in [0.4, 0.5) is 0 Å². The number of likely N-dealkylation sites (N-methyl/N-ethyl adjacent to an activating group) is 1. The molecular formula is C18H24N2O3. The predicted molar refractivity (Wildman–Crippen MR) is 85.9 cm³/mol. The molecule has 1 aromatic rings. The van der Waals surface area contributed by atoms with Crippen LogP contribution in [0.2, 0.25) is 0 Å². The Bertz CT molecular complexity index is 693. The van der Waals surface area contributed by atoms with Gasteiger partial charge in [0, 0.05) is 24.8 Å². The van der Waals surface area contributed by atoms with Crippen LogP contribution >= 0.6 is 0 Å². The lowest BCUT2D eigenvalue weighted by Gasteiger charge is -2.65. The summed E-state index contributed by atoms with van der Waals surface area (Å²) in [6.45, 7) is 1.01. The van der Waals surface area contributed by atoms with Crippen molar-refractivity contribution in [2.24, 2.45) is 5.73 Å². The molecule has 0 amide bonds. The number of benzene rings is 1. The molecule has 23 heavy (non-hydrogen) atoms. The van der Waals surface area contributed by atoms with Gasteiger partial charge in [0.05, 0.1) is 11.0 Å². The number of phenols is 1. The smallest absolute Gasteiger partial charge is 0.165 e. The van der Waals surface area contributed by atoms with E-state index in [-0.39, 0.29) is 28.9 Å². The van der Waals surface area contributed by atoms with Crippen LogP contribution < -0.4 is 10.5 Å². The first kappa shape index (κ1) is 14.1. The number of nitrogens with zero attached hydrogens (tertiary/aromatic N) is 1. The van der Waals surface area contributed by atoms with Gasteiger partial charge in [-0.3, -0.25) is 0 Å². The number of nitrogens with two attached hydrogens (primary N) is 1. The number of rotatable bonds is 1. The summed E-state index contributed by atoms with van der Waals surface area (Å²) < 4.78 is 12.6. The second-order valence-corrected chi connectivity index (χ2v) is 7.70. The molecule has 2 aliphatic carbocycles. The van der Waals surface area contributed by atoms with Crippen LogP contribution in [0.5, 0.6) is 11.5 Å². The quantitative estimate of drug-likeness (QED) is 0.814. The van der Waals surface area contributed by atoms with Gasteiger partial charge in [0.25, 0.3) is 0 Å². The first-order chi connectivity index (χ1) is 11.0. The van der Waals surface area contributed by atoms with E-state index >= 15 is 0 Å². The maximum Gasteiger partial charge on any atom is 0.165 e. The molecule has 0 aromatic heterocycles. The molecule has 5 atom stereocenters. The molecule has 2 fully saturated rings. The van der Waals surface area contributed by atoms with E-state index in [1.54, 1.807) is 6.07 Å². The first-order valence-corrected chi connectivity index (χ1v) is 8.58. The topological polar surface area (TPSA) is 68.0 Å². The predicted octanol–water partition coefficient (Wildman–Crippen LogP) is 1.16. The Kier molecular flexibility index (Phi) is 2.57. The molecule has 4 aliphatic rings. The standard InChI is InChI=1S/C18H24N2O3/c1-20-8-7-17-14-10-3-4-12(21)15(14)23-16(17)11(19)5-6-18(17,22-2)13(20)9-10/h3-4,11,13,16,21H,5-9,19H2,1-2H3/t11?,13-,16?,17+,18-/m1/s1. The summed E-state index contributed by atoms with van der Waals surface area (Å²) in [5, 5.41) is 10.4. The van der Waals surface area contributed by atoms with Crippen LogP contribution in [-0.2, 0) is 16.6 Å². The van der Waals surface area contributed by atoms with E-state index in [1.165, 1.54) is 11.1 Å². The van der Waals surface area contributed by atoms with Crippen LogP contribution in [0.1, 0.15) is 30.4 Å². The van der Waals surface area contributed by atoms with Gasteiger partial charge in [-0.25, -0.2) is 0 Å². The lowest BCUT2D eigenvalue weighted by molar-refractivity contribution is -0.201. The van der Waals surface area contributed by atoms with Gasteiger partial charge < -0.3 is 25.2 Å². The normalized spacial score (nSPS) is 43.9. The minimum absolute atomic E-state index is 0.0138. The number of piperidine rings is 1. The summed E-state index contributed by atoms with van der Waals surface area (Å²) in [5.74, 6) is 0.899. The van der Waals surface area contributed by atoms with Crippen molar-refractivity contribution in [2.45, 2.75) is 54.9 Å². The molecule has 1 saturated carbocycles. The van der Waals surface area contributed by atoms with Crippen molar-refractivity contribution in [3.63, 3.8) is 0 Å². The third kappa shape index (κ3) is 1.33. The highest BCUT2D eigenvalue weighted by Crippen LogP contribution is 2.66. The molecule has 5 heteroatoms. The van der Waals surface area contributed by atoms with Crippen molar-refractivity contribution >= 4 is 0 Å². The molecule has 1 spiro atoms. The zero-order valence-electron chi connectivity index (χ0n) is 13.7. The highest BCUT2D eigenvalue weighted by Gasteiger charge is 2.73. The fourth-order valence-electron chi connectivity index (χ4n) is 6.18. The number of hydrogen-bond donors (Lipinski definition) is 2. The lowest BCUT2D eigenvalue weighted by atomic mass is 9.48. The Hall–Kier alpha value is -1.30. The fraction of sp³-hybridized carbons (Fsp3) is 0.667. The minimum Gasteiger partial charge on any atom is -0.504 e. The summed E-state index contributed by atoms with van der Waals surface area (Å²) in [6.07, 6.45) is 3.66. The van der Waals surface area contributed by atoms with E-state index in [1.807, 2.05) is 7.11 Å². The molecule has 1 saturated heterocycles. The maximum absolute atomic E-state index is 10.4. The molecule has 124 valence electrons. The number of likely N-dealkylation sites (tertiary alicyclic amines) is 1. The SMILES string of the molecule is CO[C@@]12CCC(N)C3Oc4c(O)ccc5c4[C@@]31CCN(C)[C@@H]2C5. The highest BCUT2D eigenvalue weighted by atomic mass is 16.5. The van der Waals surface area contributed by atoms with Crippen molar-refractivity contribution in [3.8, 4) is 11.5 Å². The Morgan fingerprint density at radius 2 is 2.22 bits per heavy atom. The maximum atomic E-state index is 10.4. The largest absolute Gasteiger partial charge is 0.504 e. The summed E-state index contributed by atoms with van der Waals surface area (Å²) in [5.41, 5.74) is 8.47. The van der Waals surface area contributed by atoms with Gasteiger partial charge in [0.2, 0.25) is 0 Å². The number of hydrogen-bond acceptors (Lipinski definition) is 5. The average molecular weight is 316 g/mol. The van der Waals surface area contributed by atoms with E-state index in [0.717, 1.165) is 32.2 Å². The molecular weight excluding hydrogens is 292 g/mol. The van der Waals surface area contributed by atoms with Crippen molar-refractivity contribution < 1.29 is 14.6 Å². The molecule has 5 rings (SSSR count). The summed E-state index contributed by atoms with van der Waals surface area (Å²) >= 11 is 0. The molecule has 2 unspecified atom stereocenters. The van der Waals surface area contributed by atoms with Crippen LogP contribution in [0.15, 0.2) is 12.1 Å². The summed E-state index contributed by atoms with van der Waals surface area (Å²) in [7, 11) is 4.04. The second kappa shape index (κ2) is 4.21. The first-order valence-electron chi connectivity index (χ1n) is 8.58. The Labute approximate surface area is 136 Å². The number of ether oxygens (including phenoxy) is 2. The Morgan fingerprint density at radius 1 is 1.39 bits per heavy atom. The van der Waals surface area contributed by atoms with Crippen LogP contribution in [0, 0.1) is 0 Å². The zero-order chi connectivity index (χ0) is 16.0. The van der Waals surface area contributed by atoms with Crippen molar-refractivity contribution in [1.29, 1.82) is 0 Å². The molecule has 2 aliphatic heterocycles. The molecule has 2 bridgehead atoms. The zero-order valence-corrected chi connectivity index (χ0v) is 13.7. The summed E-state index contributed by atoms with van der Waals surface area (Å²) in [6, 6.07) is 4.15. The molecule has 3 N–H and O–H groups in total. The van der Waals surface area contributed by atoms with E-state index in [9.17, 15) is 5.11 Å². The third-order valence-electron chi connectivity index (χ3n) is 7.10. The van der Waals surface area contributed by atoms with Gasteiger partial charge in [-0.2, -0.15) is 0 Å². The van der Waals surface area contributed by atoms with E-state index in [2.05, 4.69) is 18.0 Å². The minimum atomic E-state index is -0.271. The van der Waals surface area contributed by atoms with E-state index in [4.69, 9.17) is 15.2 Å². The van der Waals surface area contributed by atoms with E-state index < -0.39 is 0 Å². The molecule has 1 aromatic carbocycles. The molecule has 5 nitrogen and oxygen atoms in total. The van der Waals surface area contributed by atoms with Gasteiger partial charge in [0.1, 0.15) is 6.10 Å².